The summed E-state index contributed by atoms with van der Waals surface area (Å²) < 4.78 is 4.89. The van der Waals surface area contributed by atoms with Crippen LogP contribution in [0.25, 0.3) is 0 Å². The highest BCUT2D eigenvalue weighted by Gasteiger charge is 2.19. The number of ether oxygens (including phenoxy) is 1. The highest BCUT2D eigenvalue weighted by Crippen LogP contribution is 2.24. The van der Waals surface area contributed by atoms with E-state index in [1.807, 2.05) is 0 Å². The zero-order chi connectivity index (χ0) is 19.3. The fraction of sp³-hybridized carbons (Fsp3) is 0.133. The molecule has 0 radical (unpaired) electrons. The van der Waals surface area contributed by atoms with Crippen molar-refractivity contribution in [1.82, 2.24) is 4.98 Å². The number of carbonyl (C=O) groups is 2. The van der Waals surface area contributed by atoms with Crippen LogP contribution in [-0.2, 0) is 9.53 Å². The minimum atomic E-state index is -0.900. The monoisotopic (exact) mass is 398 g/mol. The second-order valence-electron chi connectivity index (χ2n) is 4.85. The van der Waals surface area contributed by atoms with E-state index in [1.165, 1.54) is 24.4 Å². The summed E-state index contributed by atoms with van der Waals surface area (Å²) in [4.78, 5) is 38.1. The molecular formula is C15H12Cl2N4O5. The number of non-ortho nitro benzene ring substituents is 1. The quantitative estimate of drug-likeness (QED) is 0.435. The van der Waals surface area contributed by atoms with Crippen LogP contribution in [0.2, 0.25) is 10.0 Å². The van der Waals surface area contributed by atoms with Crippen molar-refractivity contribution in [2.75, 3.05) is 24.3 Å². The number of hydrogen-bond donors (Lipinski definition) is 2. The lowest BCUT2D eigenvalue weighted by molar-refractivity contribution is -0.384. The zero-order valence-electron chi connectivity index (χ0n) is 13.3. The summed E-state index contributed by atoms with van der Waals surface area (Å²) in [5.74, 6) is -1.53. The number of benzene rings is 1. The van der Waals surface area contributed by atoms with Crippen LogP contribution in [0, 0.1) is 10.1 Å². The number of nitrogens with zero attached hydrogens (tertiary/aromatic N) is 2. The Hall–Kier alpha value is -2.91. The Kier molecular flexibility index (Phi) is 6.31. The van der Waals surface area contributed by atoms with Crippen molar-refractivity contribution in [3.63, 3.8) is 0 Å². The molecule has 0 aliphatic rings. The topological polar surface area (TPSA) is 123 Å². The first-order valence-electron chi connectivity index (χ1n) is 7.06. The third kappa shape index (κ3) is 4.80. The third-order valence-corrected chi connectivity index (χ3v) is 3.60. The maximum atomic E-state index is 12.1. The van der Waals surface area contributed by atoms with Gasteiger partial charge in [0.15, 0.2) is 12.4 Å². The van der Waals surface area contributed by atoms with Crippen LogP contribution < -0.4 is 10.6 Å². The van der Waals surface area contributed by atoms with Gasteiger partial charge in [0.1, 0.15) is 0 Å². The minimum Gasteiger partial charge on any atom is -0.452 e. The highest BCUT2D eigenvalue weighted by atomic mass is 35.5. The number of halogens is 2. The highest BCUT2D eigenvalue weighted by molar-refractivity contribution is 6.36. The first-order chi connectivity index (χ1) is 12.3. The van der Waals surface area contributed by atoms with Crippen molar-refractivity contribution in [2.45, 2.75) is 0 Å². The number of nitro benzene ring substituents is 1. The maximum absolute atomic E-state index is 12.1. The summed E-state index contributed by atoms with van der Waals surface area (Å²) >= 11 is 11.6. The summed E-state index contributed by atoms with van der Waals surface area (Å²) in [7, 11) is 1.54. The van der Waals surface area contributed by atoms with Gasteiger partial charge in [-0.15, -0.1) is 0 Å². The SMILES string of the molecule is CNc1ccc([N+](=O)[O-])cc1C(=O)OCC(=O)Nc1ncc(Cl)cc1Cl. The van der Waals surface area contributed by atoms with Crippen molar-refractivity contribution >= 4 is 52.3 Å². The van der Waals surface area contributed by atoms with E-state index in [1.54, 1.807) is 7.05 Å². The smallest absolute Gasteiger partial charge is 0.341 e. The van der Waals surface area contributed by atoms with Gasteiger partial charge in [0, 0.05) is 31.1 Å². The number of rotatable bonds is 6. The van der Waals surface area contributed by atoms with Crippen molar-refractivity contribution in [2.24, 2.45) is 0 Å². The normalized spacial score (nSPS) is 10.1. The Morgan fingerprint density at radius 3 is 2.65 bits per heavy atom. The van der Waals surface area contributed by atoms with E-state index >= 15 is 0 Å². The van der Waals surface area contributed by atoms with Crippen molar-refractivity contribution in [1.29, 1.82) is 0 Å². The number of hydrogen-bond acceptors (Lipinski definition) is 7. The van der Waals surface area contributed by atoms with Gasteiger partial charge in [-0.3, -0.25) is 14.9 Å². The molecule has 0 spiro atoms. The van der Waals surface area contributed by atoms with E-state index in [-0.39, 0.29) is 22.1 Å². The summed E-state index contributed by atoms with van der Waals surface area (Å²) in [6.45, 7) is -0.634. The third-order valence-electron chi connectivity index (χ3n) is 3.10. The van der Waals surface area contributed by atoms with Crippen LogP contribution >= 0.6 is 23.2 Å². The Morgan fingerprint density at radius 2 is 2.04 bits per heavy atom. The average molecular weight is 399 g/mol. The molecule has 0 saturated heterocycles. The molecule has 1 aromatic carbocycles. The van der Waals surface area contributed by atoms with Crippen molar-refractivity contribution in [3.05, 3.63) is 56.2 Å². The molecule has 0 fully saturated rings. The van der Waals surface area contributed by atoms with Crippen LogP contribution in [0.1, 0.15) is 10.4 Å². The minimum absolute atomic E-state index is 0.0587. The Balaban J connectivity index is 2.05. The Labute approximate surface area is 157 Å². The molecule has 0 atom stereocenters. The molecule has 0 unspecified atom stereocenters. The summed E-state index contributed by atoms with van der Waals surface area (Å²) in [5, 5.41) is 16.3. The molecular weight excluding hydrogens is 387 g/mol. The van der Waals surface area contributed by atoms with E-state index < -0.39 is 23.4 Å². The molecule has 0 saturated carbocycles. The Bertz CT molecular complexity index is 875. The van der Waals surface area contributed by atoms with Gasteiger partial charge in [0.05, 0.1) is 20.5 Å². The van der Waals surface area contributed by atoms with Gasteiger partial charge >= 0.3 is 5.97 Å². The van der Waals surface area contributed by atoms with Crippen LogP contribution in [0.5, 0.6) is 0 Å². The van der Waals surface area contributed by atoms with Crippen LogP contribution in [-0.4, -0.2) is 35.4 Å². The summed E-state index contributed by atoms with van der Waals surface area (Å²) in [6.07, 6.45) is 1.29. The average Bonchev–Trinajstić information content (AvgIpc) is 2.61. The standard InChI is InChI=1S/C15H12Cl2N4O5/c1-18-12-3-2-9(21(24)25)5-10(12)15(23)26-7-13(22)20-14-11(17)4-8(16)6-19-14/h2-6,18H,7H2,1H3,(H,19,20,22). The van der Waals surface area contributed by atoms with Gasteiger partial charge in [-0.05, 0) is 12.1 Å². The lowest BCUT2D eigenvalue weighted by Gasteiger charge is -2.10. The lowest BCUT2D eigenvalue weighted by Crippen LogP contribution is -2.22. The van der Waals surface area contributed by atoms with Gasteiger partial charge in [0.2, 0.25) is 0 Å². The maximum Gasteiger partial charge on any atom is 0.341 e. The Morgan fingerprint density at radius 1 is 1.31 bits per heavy atom. The number of nitro groups is 1. The van der Waals surface area contributed by atoms with Gasteiger partial charge in [-0.1, -0.05) is 23.2 Å². The molecule has 1 heterocycles. The predicted octanol–water partition coefficient (Wildman–Crippen LogP) is 3.13. The van der Waals surface area contributed by atoms with Gasteiger partial charge < -0.3 is 15.4 Å². The van der Waals surface area contributed by atoms with E-state index in [2.05, 4.69) is 15.6 Å². The molecule has 9 nitrogen and oxygen atoms in total. The van der Waals surface area contributed by atoms with E-state index in [0.717, 1.165) is 6.07 Å². The first kappa shape index (κ1) is 19.4. The number of aromatic nitrogens is 1. The van der Waals surface area contributed by atoms with Gasteiger partial charge in [-0.2, -0.15) is 0 Å². The van der Waals surface area contributed by atoms with E-state index in [9.17, 15) is 19.7 Å². The van der Waals surface area contributed by atoms with Gasteiger partial charge in [0.25, 0.3) is 11.6 Å². The second-order valence-corrected chi connectivity index (χ2v) is 5.69. The number of pyridine rings is 1. The number of carbonyl (C=O) groups excluding carboxylic acids is 2. The number of amides is 1. The van der Waals surface area contributed by atoms with Crippen LogP contribution in [0.4, 0.5) is 17.2 Å². The molecule has 26 heavy (non-hydrogen) atoms. The van der Waals surface area contributed by atoms with Gasteiger partial charge in [-0.25, -0.2) is 9.78 Å². The molecule has 11 heteroatoms. The number of anilines is 2. The lowest BCUT2D eigenvalue weighted by atomic mass is 10.1. The predicted molar refractivity (Wildman–Crippen MR) is 95.8 cm³/mol. The molecule has 0 bridgehead atoms. The molecule has 2 N–H and O–H groups in total. The summed E-state index contributed by atoms with van der Waals surface area (Å²) in [5.41, 5.74) is -0.0295. The summed E-state index contributed by atoms with van der Waals surface area (Å²) in [6, 6.07) is 5.06. The van der Waals surface area contributed by atoms with E-state index in [4.69, 9.17) is 27.9 Å². The molecule has 0 aliphatic heterocycles. The fourth-order valence-corrected chi connectivity index (χ4v) is 2.34. The first-order valence-corrected chi connectivity index (χ1v) is 7.81. The molecule has 1 aromatic heterocycles. The largest absolute Gasteiger partial charge is 0.452 e. The molecule has 136 valence electrons. The van der Waals surface area contributed by atoms with Crippen LogP contribution in [0.15, 0.2) is 30.5 Å². The van der Waals surface area contributed by atoms with Crippen LogP contribution in [0.3, 0.4) is 0 Å². The molecule has 0 aliphatic carbocycles. The van der Waals surface area contributed by atoms with E-state index in [0.29, 0.717) is 10.7 Å². The van der Waals surface area contributed by atoms with Crippen molar-refractivity contribution < 1.29 is 19.2 Å². The fourth-order valence-electron chi connectivity index (χ4n) is 1.92. The van der Waals surface area contributed by atoms with Crippen molar-refractivity contribution in [3.8, 4) is 0 Å². The number of esters is 1. The number of nitrogens with one attached hydrogen (secondary N) is 2. The second kappa shape index (κ2) is 8.45. The zero-order valence-corrected chi connectivity index (χ0v) is 14.8. The molecule has 2 aromatic rings. The molecule has 2 rings (SSSR count). The molecule has 1 amide bonds.